The van der Waals surface area contributed by atoms with Crippen LogP contribution in [0.25, 0.3) is 5.65 Å². The number of amides is 1. The molecule has 0 spiro atoms. The summed E-state index contributed by atoms with van der Waals surface area (Å²) in [7, 11) is 0. The molecule has 3 aromatic rings. The van der Waals surface area contributed by atoms with Crippen LogP contribution in [-0.2, 0) is 11.0 Å². The number of hydrogen-bond acceptors (Lipinski definition) is 6. The molecule has 3 aliphatic heterocycles. The Kier molecular flexibility index (Phi) is 4.35. The third-order valence-corrected chi connectivity index (χ3v) is 5.65. The molecule has 5 heterocycles. The number of fused-ring (bicyclic) bond motifs is 3. The van der Waals surface area contributed by atoms with Crippen molar-refractivity contribution in [2.75, 3.05) is 29.9 Å². The number of piperazine rings is 1. The Balaban J connectivity index is 1.23. The Bertz CT molecular complexity index is 1090. The molecule has 0 aliphatic carbocycles. The van der Waals surface area contributed by atoms with Crippen LogP contribution in [0.2, 0.25) is 0 Å². The summed E-state index contributed by atoms with van der Waals surface area (Å²) in [6.07, 6.45) is -2.02. The number of alkyl halides is 3. The largest absolute Gasteiger partial charge is 0.418 e. The lowest BCUT2D eigenvalue weighted by molar-refractivity contribution is -0.137. The molecule has 11 heteroatoms. The highest BCUT2D eigenvalue weighted by molar-refractivity contribution is 5.93. The fraction of sp³-hybridized carbons (Fsp3) is 0.368. The highest BCUT2D eigenvalue weighted by Gasteiger charge is 2.45. The van der Waals surface area contributed by atoms with E-state index in [1.807, 2.05) is 17.0 Å². The maximum absolute atomic E-state index is 13.1. The summed E-state index contributed by atoms with van der Waals surface area (Å²) in [5, 5.41) is 14.7. The molecule has 0 saturated carbocycles. The van der Waals surface area contributed by atoms with E-state index < -0.39 is 17.6 Å². The summed E-state index contributed by atoms with van der Waals surface area (Å²) in [4.78, 5) is 16.6. The van der Waals surface area contributed by atoms with E-state index in [1.165, 1.54) is 18.2 Å². The molecule has 3 saturated heterocycles. The molecular formula is C19H18F3N7O. The third kappa shape index (κ3) is 3.34. The Morgan fingerprint density at radius 2 is 1.90 bits per heavy atom. The number of halogens is 3. The van der Waals surface area contributed by atoms with Gasteiger partial charge in [-0.2, -0.15) is 17.7 Å². The van der Waals surface area contributed by atoms with E-state index in [0.717, 1.165) is 18.3 Å². The van der Waals surface area contributed by atoms with Crippen LogP contribution < -0.4 is 10.2 Å². The number of nitrogens with zero attached hydrogens (tertiary/aromatic N) is 6. The van der Waals surface area contributed by atoms with E-state index in [1.54, 1.807) is 10.8 Å². The van der Waals surface area contributed by atoms with Gasteiger partial charge in [0.15, 0.2) is 5.65 Å². The molecule has 1 amide bonds. The van der Waals surface area contributed by atoms with E-state index >= 15 is 0 Å². The molecule has 1 N–H and O–H groups in total. The summed E-state index contributed by atoms with van der Waals surface area (Å²) < 4.78 is 41.0. The number of para-hydroxylation sites is 1. The maximum Gasteiger partial charge on any atom is 0.418 e. The monoisotopic (exact) mass is 417 g/mol. The molecule has 2 aromatic heterocycles. The lowest BCUT2D eigenvalue weighted by atomic mass is 9.87. The molecule has 0 radical (unpaired) electrons. The zero-order valence-electron chi connectivity index (χ0n) is 15.8. The van der Waals surface area contributed by atoms with Gasteiger partial charge in [0.2, 0.25) is 5.91 Å². The summed E-state index contributed by atoms with van der Waals surface area (Å²) in [5.74, 6) is 0.360. The molecule has 2 unspecified atom stereocenters. The highest BCUT2D eigenvalue weighted by atomic mass is 19.4. The van der Waals surface area contributed by atoms with Crippen molar-refractivity contribution in [1.29, 1.82) is 0 Å². The first kappa shape index (κ1) is 18.8. The van der Waals surface area contributed by atoms with Crippen LogP contribution in [0.15, 0.2) is 42.7 Å². The van der Waals surface area contributed by atoms with E-state index in [9.17, 15) is 18.0 Å². The van der Waals surface area contributed by atoms with Crippen molar-refractivity contribution in [1.82, 2.24) is 24.7 Å². The normalized spacial score (nSPS) is 21.5. The average molecular weight is 417 g/mol. The maximum atomic E-state index is 13.1. The second-order valence-corrected chi connectivity index (χ2v) is 7.54. The van der Waals surface area contributed by atoms with Gasteiger partial charge in [-0.1, -0.05) is 12.1 Å². The van der Waals surface area contributed by atoms with Gasteiger partial charge in [-0.25, -0.2) is 0 Å². The van der Waals surface area contributed by atoms with Crippen molar-refractivity contribution in [2.24, 2.45) is 0 Å². The summed E-state index contributed by atoms with van der Waals surface area (Å²) >= 11 is 0. The molecule has 6 rings (SSSR count). The van der Waals surface area contributed by atoms with Crippen LogP contribution in [-0.4, -0.2) is 62.3 Å². The lowest BCUT2D eigenvalue weighted by Crippen LogP contribution is -2.69. The highest BCUT2D eigenvalue weighted by Crippen LogP contribution is 2.36. The average Bonchev–Trinajstić information content (AvgIpc) is 3.19. The van der Waals surface area contributed by atoms with Crippen molar-refractivity contribution in [2.45, 2.75) is 24.7 Å². The lowest BCUT2D eigenvalue weighted by Gasteiger charge is -2.56. The van der Waals surface area contributed by atoms with Gasteiger partial charge in [0, 0.05) is 25.2 Å². The Morgan fingerprint density at radius 3 is 2.67 bits per heavy atom. The van der Waals surface area contributed by atoms with Gasteiger partial charge in [-0.05, 0) is 30.7 Å². The van der Waals surface area contributed by atoms with Crippen LogP contribution in [0.5, 0.6) is 0 Å². The number of aromatic nitrogens is 4. The molecular weight excluding hydrogens is 399 g/mol. The molecule has 3 fully saturated rings. The zero-order valence-corrected chi connectivity index (χ0v) is 15.8. The standard InChI is InChI=1S/C19H18F3N7O/c20-19(21,22)14-3-1-2-4-15(14)24-18(30)10-28-12-7-13(28)9-27(8-12)17-6-5-16-25-23-11-29(16)26-17/h1-6,11-13H,7-10H2,(H,24,30). The predicted molar refractivity (Wildman–Crippen MR) is 102 cm³/mol. The summed E-state index contributed by atoms with van der Waals surface area (Å²) in [6, 6.07) is 9.06. The van der Waals surface area contributed by atoms with Gasteiger partial charge < -0.3 is 10.2 Å². The van der Waals surface area contributed by atoms with Gasteiger partial charge in [0.25, 0.3) is 0 Å². The van der Waals surface area contributed by atoms with Crippen LogP contribution in [0.4, 0.5) is 24.7 Å². The number of carbonyl (C=O) groups is 1. The first-order valence-corrected chi connectivity index (χ1v) is 9.52. The molecule has 1 aromatic carbocycles. The van der Waals surface area contributed by atoms with E-state index in [-0.39, 0.29) is 24.3 Å². The number of carbonyl (C=O) groups excluding carboxylic acids is 1. The van der Waals surface area contributed by atoms with E-state index in [4.69, 9.17) is 0 Å². The van der Waals surface area contributed by atoms with Gasteiger partial charge >= 0.3 is 6.18 Å². The van der Waals surface area contributed by atoms with Gasteiger partial charge in [-0.3, -0.25) is 9.69 Å². The van der Waals surface area contributed by atoms with Crippen molar-refractivity contribution in [3.05, 3.63) is 48.3 Å². The van der Waals surface area contributed by atoms with Crippen molar-refractivity contribution < 1.29 is 18.0 Å². The Morgan fingerprint density at radius 1 is 1.13 bits per heavy atom. The molecule has 8 nitrogen and oxygen atoms in total. The number of anilines is 2. The zero-order chi connectivity index (χ0) is 20.9. The van der Waals surface area contributed by atoms with Crippen LogP contribution >= 0.6 is 0 Å². The van der Waals surface area contributed by atoms with E-state index in [2.05, 4.69) is 25.5 Å². The van der Waals surface area contributed by atoms with Crippen LogP contribution in [0.1, 0.15) is 12.0 Å². The molecule has 2 bridgehead atoms. The van der Waals surface area contributed by atoms with Gasteiger partial charge in [0.1, 0.15) is 12.1 Å². The number of nitrogens with one attached hydrogen (secondary N) is 1. The second-order valence-electron chi connectivity index (χ2n) is 7.54. The summed E-state index contributed by atoms with van der Waals surface area (Å²) in [5.41, 5.74) is -0.393. The number of benzene rings is 1. The second kappa shape index (κ2) is 6.94. The van der Waals surface area contributed by atoms with Crippen molar-refractivity contribution in [3.8, 4) is 0 Å². The Hall–Kier alpha value is -3.21. The fourth-order valence-electron chi connectivity index (χ4n) is 4.21. The number of hydrogen-bond donors (Lipinski definition) is 1. The number of rotatable bonds is 4. The van der Waals surface area contributed by atoms with Crippen LogP contribution in [0.3, 0.4) is 0 Å². The topological polar surface area (TPSA) is 78.7 Å². The predicted octanol–water partition coefficient (Wildman–Crippen LogP) is 2.04. The number of piperidine rings is 1. The molecule has 2 atom stereocenters. The molecule has 156 valence electrons. The SMILES string of the molecule is O=C(CN1C2CC1CN(c1ccc3nncn3n1)C2)Nc1ccccc1C(F)(F)F. The first-order valence-electron chi connectivity index (χ1n) is 9.52. The minimum Gasteiger partial charge on any atom is -0.352 e. The third-order valence-electron chi connectivity index (χ3n) is 5.65. The van der Waals surface area contributed by atoms with E-state index in [0.29, 0.717) is 18.7 Å². The summed E-state index contributed by atoms with van der Waals surface area (Å²) in [6.45, 7) is 1.46. The minimum absolute atomic E-state index is 0.0628. The first-order chi connectivity index (χ1) is 14.4. The quantitative estimate of drug-likeness (QED) is 0.700. The van der Waals surface area contributed by atoms with Gasteiger partial charge in [-0.15, -0.1) is 15.3 Å². The molecule has 3 aliphatic rings. The molecule has 30 heavy (non-hydrogen) atoms. The van der Waals surface area contributed by atoms with Crippen molar-refractivity contribution >= 4 is 23.1 Å². The van der Waals surface area contributed by atoms with Crippen molar-refractivity contribution in [3.63, 3.8) is 0 Å². The Labute approximate surface area is 169 Å². The smallest absolute Gasteiger partial charge is 0.352 e. The van der Waals surface area contributed by atoms with Gasteiger partial charge in [0.05, 0.1) is 17.8 Å². The van der Waals surface area contributed by atoms with Crippen LogP contribution in [0, 0.1) is 0 Å². The minimum atomic E-state index is -4.52. The fourth-order valence-corrected chi connectivity index (χ4v) is 4.21.